The normalized spacial score (nSPS) is 14.1. The molecule has 0 bridgehead atoms. The predicted octanol–water partition coefficient (Wildman–Crippen LogP) is 4.87. The number of piperidine rings is 1. The number of carbonyl (C=O) groups excluding carboxylic acids is 1. The molecule has 6 nitrogen and oxygen atoms in total. The number of anilines is 1. The van der Waals surface area contributed by atoms with Crippen molar-refractivity contribution >= 4 is 11.8 Å². The maximum Gasteiger partial charge on any atom is 0.419 e. The van der Waals surface area contributed by atoms with E-state index in [4.69, 9.17) is 9.47 Å². The van der Waals surface area contributed by atoms with Crippen LogP contribution in [-0.4, -0.2) is 35.4 Å². The van der Waals surface area contributed by atoms with Crippen LogP contribution >= 0.6 is 0 Å². The predicted molar refractivity (Wildman–Crippen MR) is 123 cm³/mol. The molecular formula is C26H22F3N3O3. The molecule has 0 saturated carbocycles. The molecule has 9 heteroatoms. The molecule has 0 N–H and O–H groups in total. The molecule has 1 saturated heterocycles. The Bertz CT molecular complexity index is 1240. The first-order chi connectivity index (χ1) is 16.8. The number of carbonyl (C=O) groups is 1. The van der Waals surface area contributed by atoms with Crippen molar-refractivity contribution in [3.05, 3.63) is 77.5 Å². The summed E-state index contributed by atoms with van der Waals surface area (Å²) in [7, 11) is 0. The van der Waals surface area contributed by atoms with Gasteiger partial charge in [0.05, 0.1) is 5.56 Å². The van der Waals surface area contributed by atoms with Gasteiger partial charge >= 0.3 is 12.1 Å². The van der Waals surface area contributed by atoms with Crippen molar-refractivity contribution in [3.63, 3.8) is 0 Å². The molecule has 0 aliphatic carbocycles. The fourth-order valence-electron chi connectivity index (χ4n) is 3.69. The molecule has 1 aliphatic rings. The molecule has 2 aromatic carbocycles. The number of hydrogen-bond acceptors (Lipinski definition) is 6. The van der Waals surface area contributed by atoms with Gasteiger partial charge in [-0.05, 0) is 48.4 Å². The van der Waals surface area contributed by atoms with E-state index in [0.29, 0.717) is 48.8 Å². The van der Waals surface area contributed by atoms with E-state index in [0.717, 1.165) is 6.07 Å². The first-order valence-corrected chi connectivity index (χ1v) is 11.0. The minimum Gasteiger partial charge on any atom is -0.490 e. The zero-order chi connectivity index (χ0) is 24.8. The Kier molecular flexibility index (Phi) is 7.20. The van der Waals surface area contributed by atoms with Crippen LogP contribution < -0.4 is 14.4 Å². The number of alkyl halides is 3. The molecule has 3 aromatic rings. The molecule has 0 spiro atoms. The maximum atomic E-state index is 13.2. The van der Waals surface area contributed by atoms with Gasteiger partial charge in [0.1, 0.15) is 23.3 Å². The van der Waals surface area contributed by atoms with Crippen molar-refractivity contribution in [3.8, 4) is 23.3 Å². The first-order valence-electron chi connectivity index (χ1n) is 11.0. The summed E-state index contributed by atoms with van der Waals surface area (Å²) in [6.45, 7) is 2.50. The van der Waals surface area contributed by atoms with Crippen molar-refractivity contribution in [2.75, 3.05) is 18.0 Å². The first kappa shape index (κ1) is 24.1. The van der Waals surface area contributed by atoms with Gasteiger partial charge in [0.25, 0.3) is 0 Å². The summed E-state index contributed by atoms with van der Waals surface area (Å²) in [6, 6.07) is 15.7. The molecule has 2 heterocycles. The van der Waals surface area contributed by atoms with Gasteiger partial charge in [-0.15, -0.1) is 10.2 Å². The monoisotopic (exact) mass is 481 g/mol. The quantitative estimate of drug-likeness (QED) is 0.301. The molecule has 0 amide bonds. The van der Waals surface area contributed by atoms with E-state index in [9.17, 15) is 18.0 Å². The molecule has 0 atom stereocenters. The average molecular weight is 481 g/mol. The lowest BCUT2D eigenvalue weighted by atomic mass is 10.1. The Balaban J connectivity index is 1.34. The van der Waals surface area contributed by atoms with Gasteiger partial charge in [-0.25, -0.2) is 0 Å². The lowest BCUT2D eigenvalue weighted by molar-refractivity contribution is -0.139. The van der Waals surface area contributed by atoms with Gasteiger partial charge in [0.2, 0.25) is 0 Å². The van der Waals surface area contributed by atoms with Crippen LogP contribution in [-0.2, 0) is 11.0 Å². The Morgan fingerprint density at radius 3 is 2.46 bits per heavy atom. The number of hydrogen-bond donors (Lipinski definition) is 0. The fraction of sp³-hybridized carbons (Fsp3) is 0.269. The van der Waals surface area contributed by atoms with Crippen LogP contribution in [0.5, 0.6) is 11.5 Å². The standard InChI is InChI=1S/C26H22F3N3O3/c1-18(33)34-22-6-4-5-19(17-22)9-10-20-11-12-25(31-30-20)32-15-13-21(14-16-32)35-24-8-3-2-7-23(24)26(27,28)29/h2-8,11-12,17,21H,13-16H2,1H3. The number of benzene rings is 2. The van der Waals surface area contributed by atoms with Gasteiger partial charge in [-0.3, -0.25) is 4.79 Å². The van der Waals surface area contributed by atoms with Crippen LogP contribution in [0.1, 0.15) is 36.6 Å². The third-order valence-corrected chi connectivity index (χ3v) is 5.33. The molecule has 35 heavy (non-hydrogen) atoms. The van der Waals surface area contributed by atoms with E-state index in [1.165, 1.54) is 25.1 Å². The zero-order valence-corrected chi connectivity index (χ0v) is 18.9. The van der Waals surface area contributed by atoms with Crippen LogP contribution in [0.15, 0.2) is 60.7 Å². The van der Waals surface area contributed by atoms with Crippen molar-refractivity contribution in [2.24, 2.45) is 0 Å². The number of nitrogens with zero attached hydrogens (tertiary/aromatic N) is 3. The van der Waals surface area contributed by atoms with E-state index in [1.54, 1.807) is 30.3 Å². The second-order valence-corrected chi connectivity index (χ2v) is 7.95. The Hall–Kier alpha value is -4.06. The molecular weight excluding hydrogens is 459 g/mol. The summed E-state index contributed by atoms with van der Waals surface area (Å²) in [6.07, 6.45) is -3.64. The van der Waals surface area contributed by atoms with Crippen LogP contribution in [0.3, 0.4) is 0 Å². The highest BCUT2D eigenvalue weighted by molar-refractivity contribution is 5.69. The van der Waals surface area contributed by atoms with Crippen LogP contribution in [0.2, 0.25) is 0 Å². The van der Waals surface area contributed by atoms with Crippen molar-refractivity contribution in [2.45, 2.75) is 32.0 Å². The smallest absolute Gasteiger partial charge is 0.419 e. The summed E-state index contributed by atoms with van der Waals surface area (Å²) in [5.41, 5.74) is 0.389. The summed E-state index contributed by atoms with van der Waals surface area (Å²) < 4.78 is 50.3. The van der Waals surface area contributed by atoms with Crippen LogP contribution in [0.4, 0.5) is 19.0 Å². The summed E-state index contributed by atoms with van der Waals surface area (Å²) in [5.74, 6) is 6.43. The Labute approximate surface area is 200 Å². The highest BCUT2D eigenvalue weighted by Crippen LogP contribution is 2.37. The van der Waals surface area contributed by atoms with E-state index in [1.807, 2.05) is 11.0 Å². The summed E-state index contributed by atoms with van der Waals surface area (Å²) in [4.78, 5) is 13.1. The van der Waals surface area contributed by atoms with Crippen molar-refractivity contribution in [1.82, 2.24) is 10.2 Å². The van der Waals surface area contributed by atoms with E-state index >= 15 is 0 Å². The molecule has 1 aromatic heterocycles. The number of rotatable bonds is 4. The minimum atomic E-state index is -4.46. The summed E-state index contributed by atoms with van der Waals surface area (Å²) in [5, 5.41) is 8.40. The topological polar surface area (TPSA) is 64.5 Å². The maximum absolute atomic E-state index is 13.2. The summed E-state index contributed by atoms with van der Waals surface area (Å²) >= 11 is 0. The zero-order valence-electron chi connectivity index (χ0n) is 18.9. The number of aromatic nitrogens is 2. The third-order valence-electron chi connectivity index (χ3n) is 5.33. The second kappa shape index (κ2) is 10.5. The van der Waals surface area contributed by atoms with Crippen molar-refractivity contribution in [1.29, 1.82) is 0 Å². The lowest BCUT2D eigenvalue weighted by Gasteiger charge is -2.33. The van der Waals surface area contributed by atoms with Gasteiger partial charge < -0.3 is 14.4 Å². The van der Waals surface area contributed by atoms with Crippen LogP contribution in [0, 0.1) is 11.8 Å². The van der Waals surface area contributed by atoms with Crippen molar-refractivity contribution < 1.29 is 27.4 Å². The third kappa shape index (κ3) is 6.51. The number of esters is 1. The number of ether oxygens (including phenoxy) is 2. The van der Waals surface area contributed by atoms with E-state index in [-0.39, 0.29) is 11.9 Å². The minimum absolute atomic E-state index is 0.139. The van der Waals surface area contributed by atoms with Gasteiger partial charge in [0.15, 0.2) is 5.82 Å². The van der Waals surface area contributed by atoms with Gasteiger partial charge in [-0.1, -0.05) is 24.1 Å². The lowest BCUT2D eigenvalue weighted by Crippen LogP contribution is -2.39. The molecule has 1 aliphatic heterocycles. The van der Waals surface area contributed by atoms with Gasteiger partial charge in [0, 0.05) is 38.4 Å². The Morgan fingerprint density at radius 1 is 1.00 bits per heavy atom. The molecule has 0 radical (unpaired) electrons. The highest BCUT2D eigenvalue weighted by atomic mass is 19.4. The fourth-order valence-corrected chi connectivity index (χ4v) is 3.69. The SMILES string of the molecule is CC(=O)Oc1cccc(C#Cc2ccc(N3CCC(Oc4ccccc4C(F)(F)F)CC3)nn2)c1. The Morgan fingerprint density at radius 2 is 1.77 bits per heavy atom. The number of para-hydroxylation sites is 1. The van der Waals surface area contributed by atoms with E-state index < -0.39 is 17.7 Å². The van der Waals surface area contributed by atoms with Gasteiger partial charge in [-0.2, -0.15) is 13.2 Å². The second-order valence-electron chi connectivity index (χ2n) is 7.95. The highest BCUT2D eigenvalue weighted by Gasteiger charge is 2.35. The molecule has 180 valence electrons. The molecule has 0 unspecified atom stereocenters. The number of halogens is 3. The largest absolute Gasteiger partial charge is 0.490 e. The van der Waals surface area contributed by atoms with Crippen LogP contribution in [0.25, 0.3) is 0 Å². The van der Waals surface area contributed by atoms with E-state index in [2.05, 4.69) is 22.0 Å². The molecule has 1 fully saturated rings. The average Bonchev–Trinajstić information content (AvgIpc) is 2.83. The molecule has 4 rings (SSSR count).